The van der Waals surface area contributed by atoms with Crippen molar-refractivity contribution >= 4 is 23.2 Å². The second-order valence-electron chi connectivity index (χ2n) is 4.38. The minimum atomic E-state index is 0.326. The smallest absolute Gasteiger partial charge is 0.161 e. The van der Waals surface area contributed by atoms with Crippen molar-refractivity contribution < 1.29 is 9.47 Å². The first kappa shape index (κ1) is 15.0. The minimum Gasteiger partial charge on any atom is -0.493 e. The maximum Gasteiger partial charge on any atom is 0.161 e. The Morgan fingerprint density at radius 3 is 2.60 bits per heavy atom. The number of hydrogen-bond acceptors (Lipinski definition) is 3. The van der Waals surface area contributed by atoms with Crippen molar-refractivity contribution in [3.63, 3.8) is 0 Å². The number of benzene rings is 1. The summed E-state index contributed by atoms with van der Waals surface area (Å²) >= 11 is 12.0. The number of rotatable bonds is 5. The van der Waals surface area contributed by atoms with Gasteiger partial charge in [-0.1, -0.05) is 17.7 Å². The number of hydrogen-bond donors (Lipinski definition) is 0. The molecule has 1 aromatic carbocycles. The molecule has 0 fully saturated rings. The van der Waals surface area contributed by atoms with E-state index in [2.05, 4.69) is 5.10 Å². The molecule has 0 bridgehead atoms. The van der Waals surface area contributed by atoms with Crippen LogP contribution >= 0.6 is 23.2 Å². The van der Waals surface area contributed by atoms with Crippen LogP contribution in [0.2, 0.25) is 5.02 Å². The predicted molar refractivity (Wildman–Crippen MR) is 79.8 cm³/mol. The molecule has 0 atom stereocenters. The largest absolute Gasteiger partial charge is 0.493 e. The van der Waals surface area contributed by atoms with Crippen molar-refractivity contribution in [2.24, 2.45) is 7.05 Å². The third-order valence-corrected chi connectivity index (χ3v) is 3.81. The Balaban J connectivity index is 2.18. The Morgan fingerprint density at radius 1 is 1.30 bits per heavy atom. The summed E-state index contributed by atoms with van der Waals surface area (Å²) in [7, 11) is 3.44. The fourth-order valence-corrected chi connectivity index (χ4v) is 2.28. The standard InChI is InChI=1S/C14H16Cl2N2O2/c1-9-14(16)11(18(2)17-9)8-20-12-5-4-10(7-15)6-13(12)19-3/h4-6H,7-8H2,1-3H3. The van der Waals surface area contributed by atoms with Gasteiger partial charge in [0.15, 0.2) is 11.5 Å². The molecule has 0 aliphatic rings. The molecule has 0 radical (unpaired) electrons. The zero-order valence-electron chi connectivity index (χ0n) is 11.6. The van der Waals surface area contributed by atoms with Crippen LogP contribution < -0.4 is 9.47 Å². The molecule has 0 spiro atoms. The number of halogens is 2. The minimum absolute atomic E-state index is 0.326. The van der Waals surface area contributed by atoms with Gasteiger partial charge in [0.1, 0.15) is 6.61 Å². The summed E-state index contributed by atoms with van der Waals surface area (Å²) in [4.78, 5) is 0. The van der Waals surface area contributed by atoms with E-state index in [1.54, 1.807) is 11.8 Å². The number of methoxy groups -OCH3 is 1. The first-order chi connectivity index (χ1) is 9.56. The highest BCUT2D eigenvalue weighted by atomic mass is 35.5. The quantitative estimate of drug-likeness (QED) is 0.789. The van der Waals surface area contributed by atoms with E-state index in [9.17, 15) is 0 Å². The van der Waals surface area contributed by atoms with Gasteiger partial charge in [-0.05, 0) is 24.6 Å². The molecular weight excluding hydrogens is 299 g/mol. The summed E-state index contributed by atoms with van der Waals surface area (Å²) in [5, 5.41) is 4.88. The van der Waals surface area contributed by atoms with Gasteiger partial charge in [-0.15, -0.1) is 11.6 Å². The molecule has 2 rings (SSSR count). The average molecular weight is 315 g/mol. The molecule has 0 saturated heterocycles. The van der Waals surface area contributed by atoms with Gasteiger partial charge in [0.2, 0.25) is 0 Å². The molecule has 0 amide bonds. The Kier molecular flexibility index (Phi) is 4.78. The number of ether oxygens (including phenoxy) is 2. The first-order valence-corrected chi connectivity index (χ1v) is 7.01. The third kappa shape index (κ3) is 3.02. The molecule has 0 N–H and O–H groups in total. The highest BCUT2D eigenvalue weighted by molar-refractivity contribution is 6.31. The molecule has 0 aliphatic heterocycles. The van der Waals surface area contributed by atoms with E-state index in [0.717, 1.165) is 17.0 Å². The monoisotopic (exact) mass is 314 g/mol. The second kappa shape index (κ2) is 6.37. The van der Waals surface area contributed by atoms with Gasteiger partial charge in [-0.3, -0.25) is 4.68 Å². The molecular formula is C14H16Cl2N2O2. The molecule has 0 unspecified atom stereocenters. The van der Waals surface area contributed by atoms with Crippen LogP contribution in [-0.2, 0) is 19.5 Å². The van der Waals surface area contributed by atoms with Gasteiger partial charge in [0.25, 0.3) is 0 Å². The lowest BCUT2D eigenvalue weighted by molar-refractivity contribution is 0.275. The molecule has 20 heavy (non-hydrogen) atoms. The molecule has 0 saturated carbocycles. The van der Waals surface area contributed by atoms with Gasteiger partial charge in [-0.2, -0.15) is 5.10 Å². The van der Waals surface area contributed by atoms with E-state index in [1.165, 1.54) is 0 Å². The Labute approximate surface area is 128 Å². The van der Waals surface area contributed by atoms with Crippen molar-refractivity contribution in [1.82, 2.24) is 9.78 Å². The lowest BCUT2D eigenvalue weighted by atomic mass is 10.2. The summed E-state index contributed by atoms with van der Waals surface area (Å²) in [6.07, 6.45) is 0. The van der Waals surface area contributed by atoms with Crippen LogP contribution in [0.15, 0.2) is 18.2 Å². The SMILES string of the molecule is COc1cc(CCl)ccc1OCc1c(Cl)c(C)nn1C. The van der Waals surface area contributed by atoms with Crippen LogP contribution in [0.25, 0.3) is 0 Å². The highest BCUT2D eigenvalue weighted by Gasteiger charge is 2.13. The van der Waals surface area contributed by atoms with E-state index in [0.29, 0.717) is 29.0 Å². The van der Waals surface area contributed by atoms with Crippen LogP contribution in [0, 0.1) is 6.92 Å². The number of alkyl halides is 1. The van der Waals surface area contributed by atoms with Gasteiger partial charge in [0, 0.05) is 12.9 Å². The van der Waals surface area contributed by atoms with Gasteiger partial charge < -0.3 is 9.47 Å². The Bertz CT molecular complexity index is 611. The zero-order chi connectivity index (χ0) is 14.7. The lowest BCUT2D eigenvalue weighted by Gasteiger charge is -2.12. The summed E-state index contributed by atoms with van der Waals surface area (Å²) in [5.74, 6) is 1.73. The zero-order valence-corrected chi connectivity index (χ0v) is 13.1. The second-order valence-corrected chi connectivity index (χ2v) is 5.02. The topological polar surface area (TPSA) is 36.3 Å². The van der Waals surface area contributed by atoms with E-state index >= 15 is 0 Å². The van der Waals surface area contributed by atoms with Crippen LogP contribution in [0.3, 0.4) is 0 Å². The summed E-state index contributed by atoms with van der Waals surface area (Å²) in [5.41, 5.74) is 2.59. The molecule has 0 aliphatic carbocycles. The lowest BCUT2D eigenvalue weighted by Crippen LogP contribution is -2.04. The summed E-state index contributed by atoms with van der Waals surface area (Å²) in [6, 6.07) is 5.60. The number of aryl methyl sites for hydroxylation is 2. The Hall–Kier alpha value is -1.39. The van der Waals surface area contributed by atoms with Gasteiger partial charge in [0.05, 0.1) is 23.5 Å². The predicted octanol–water partition coefficient (Wildman–Crippen LogP) is 3.71. The van der Waals surface area contributed by atoms with Crippen LogP contribution in [-0.4, -0.2) is 16.9 Å². The number of nitrogens with zero attached hydrogens (tertiary/aromatic N) is 2. The fraction of sp³-hybridized carbons (Fsp3) is 0.357. The summed E-state index contributed by atoms with van der Waals surface area (Å²) < 4.78 is 12.8. The fourth-order valence-electron chi connectivity index (χ4n) is 1.90. The molecule has 2 aromatic rings. The molecule has 108 valence electrons. The number of aromatic nitrogens is 2. The average Bonchev–Trinajstić information content (AvgIpc) is 2.70. The van der Waals surface area contributed by atoms with E-state index < -0.39 is 0 Å². The van der Waals surface area contributed by atoms with Crippen molar-refractivity contribution in [1.29, 1.82) is 0 Å². The summed E-state index contributed by atoms with van der Waals surface area (Å²) in [6.45, 7) is 2.19. The highest BCUT2D eigenvalue weighted by Crippen LogP contribution is 2.30. The molecule has 1 aromatic heterocycles. The van der Waals surface area contributed by atoms with Crippen molar-refractivity contribution in [3.05, 3.63) is 40.2 Å². The van der Waals surface area contributed by atoms with Crippen LogP contribution in [0.5, 0.6) is 11.5 Å². The molecule has 1 heterocycles. The third-order valence-electron chi connectivity index (χ3n) is 3.01. The maximum atomic E-state index is 6.19. The van der Waals surface area contributed by atoms with Gasteiger partial charge in [-0.25, -0.2) is 0 Å². The van der Waals surface area contributed by atoms with E-state index in [1.807, 2.05) is 32.2 Å². The maximum absolute atomic E-state index is 6.19. The van der Waals surface area contributed by atoms with Crippen molar-refractivity contribution in [2.75, 3.05) is 7.11 Å². The first-order valence-electron chi connectivity index (χ1n) is 6.10. The molecule has 4 nitrogen and oxygen atoms in total. The van der Waals surface area contributed by atoms with E-state index in [-0.39, 0.29) is 0 Å². The molecule has 6 heteroatoms. The van der Waals surface area contributed by atoms with Crippen LogP contribution in [0.4, 0.5) is 0 Å². The van der Waals surface area contributed by atoms with E-state index in [4.69, 9.17) is 32.7 Å². The normalized spacial score (nSPS) is 10.7. The van der Waals surface area contributed by atoms with Crippen molar-refractivity contribution in [3.8, 4) is 11.5 Å². The van der Waals surface area contributed by atoms with Crippen molar-refractivity contribution in [2.45, 2.75) is 19.4 Å². The van der Waals surface area contributed by atoms with Crippen LogP contribution in [0.1, 0.15) is 17.0 Å². The van der Waals surface area contributed by atoms with Gasteiger partial charge >= 0.3 is 0 Å². The Morgan fingerprint density at radius 2 is 2.05 bits per heavy atom.